The molecule has 0 spiro atoms. The predicted octanol–water partition coefficient (Wildman–Crippen LogP) is 3.85. The summed E-state index contributed by atoms with van der Waals surface area (Å²) in [6, 6.07) is 14.6. The van der Waals surface area contributed by atoms with E-state index in [4.69, 9.17) is 16.9 Å². The molecule has 26 heavy (non-hydrogen) atoms. The normalized spacial score (nSPS) is 16.0. The second-order valence-corrected chi connectivity index (χ2v) is 6.40. The van der Waals surface area contributed by atoms with Gasteiger partial charge in [-0.05, 0) is 61.4 Å². The number of halogens is 1. The molecular formula is C19H17ClN4O2. The maximum atomic E-state index is 12.6. The van der Waals surface area contributed by atoms with Crippen LogP contribution in [0.15, 0.2) is 48.5 Å². The van der Waals surface area contributed by atoms with Gasteiger partial charge in [0.2, 0.25) is 5.91 Å². The largest absolute Gasteiger partial charge is 0.324 e. The Morgan fingerprint density at radius 3 is 2.31 bits per heavy atom. The van der Waals surface area contributed by atoms with Gasteiger partial charge in [-0.1, -0.05) is 11.6 Å². The number of hydrogen-bond acceptors (Lipinski definition) is 3. The minimum atomic E-state index is -0.530. The fourth-order valence-corrected chi connectivity index (χ4v) is 2.99. The minimum Gasteiger partial charge on any atom is -0.324 e. The first-order chi connectivity index (χ1) is 12.6. The molecule has 1 unspecified atom stereocenters. The van der Waals surface area contributed by atoms with Crippen molar-refractivity contribution in [2.45, 2.75) is 18.9 Å². The molecule has 3 amide bonds. The monoisotopic (exact) mass is 368 g/mol. The van der Waals surface area contributed by atoms with E-state index in [0.717, 1.165) is 6.42 Å². The van der Waals surface area contributed by atoms with Gasteiger partial charge in [-0.15, -0.1) is 0 Å². The van der Waals surface area contributed by atoms with Crippen molar-refractivity contribution < 1.29 is 9.59 Å². The molecule has 0 saturated carbocycles. The maximum Gasteiger partial charge on any atom is 0.322 e. The first-order valence-corrected chi connectivity index (χ1v) is 8.59. The number of nitrogens with zero attached hydrogens (tertiary/aromatic N) is 2. The number of amides is 3. The lowest BCUT2D eigenvalue weighted by Crippen LogP contribution is -2.45. The average Bonchev–Trinajstić information content (AvgIpc) is 3.14. The van der Waals surface area contributed by atoms with Crippen molar-refractivity contribution in [2.75, 3.05) is 17.2 Å². The molecule has 2 N–H and O–H groups in total. The number of hydrogen-bond donors (Lipinski definition) is 2. The average molecular weight is 369 g/mol. The number of nitrogens with one attached hydrogen (secondary N) is 2. The third-order valence-electron chi connectivity index (χ3n) is 4.19. The van der Waals surface area contributed by atoms with Crippen LogP contribution in [0, 0.1) is 11.3 Å². The van der Waals surface area contributed by atoms with Crippen molar-refractivity contribution in [3.05, 3.63) is 59.1 Å². The number of anilines is 2. The number of carbonyl (C=O) groups is 2. The highest BCUT2D eigenvalue weighted by atomic mass is 35.5. The van der Waals surface area contributed by atoms with Crippen molar-refractivity contribution in [1.82, 2.24) is 4.90 Å². The molecule has 0 bridgehead atoms. The molecule has 3 rings (SSSR count). The van der Waals surface area contributed by atoms with Crippen LogP contribution < -0.4 is 10.6 Å². The molecule has 0 aliphatic carbocycles. The van der Waals surface area contributed by atoms with E-state index in [2.05, 4.69) is 10.6 Å². The maximum absolute atomic E-state index is 12.6. The van der Waals surface area contributed by atoms with Crippen molar-refractivity contribution >= 4 is 34.9 Å². The summed E-state index contributed by atoms with van der Waals surface area (Å²) in [5.74, 6) is -0.238. The molecule has 6 nitrogen and oxygen atoms in total. The van der Waals surface area contributed by atoms with E-state index in [1.807, 2.05) is 6.07 Å². The molecule has 1 aliphatic rings. The van der Waals surface area contributed by atoms with Gasteiger partial charge in [-0.3, -0.25) is 4.79 Å². The molecular weight excluding hydrogens is 352 g/mol. The van der Waals surface area contributed by atoms with Crippen molar-refractivity contribution in [2.24, 2.45) is 0 Å². The van der Waals surface area contributed by atoms with Gasteiger partial charge in [0.15, 0.2) is 0 Å². The lowest BCUT2D eigenvalue weighted by molar-refractivity contribution is -0.119. The zero-order valence-electron chi connectivity index (χ0n) is 13.9. The standard InChI is InChI=1S/C19H17ClN4O2/c20-14-5-9-16(10-6-14)23-19(26)24-11-1-2-17(24)18(25)22-15-7-3-13(12-21)4-8-15/h3-10,17H,1-2,11H2,(H,22,25)(H,23,26). The Bertz CT molecular complexity index is 843. The quantitative estimate of drug-likeness (QED) is 0.862. The van der Waals surface area contributed by atoms with Gasteiger partial charge in [0, 0.05) is 22.9 Å². The van der Waals surface area contributed by atoms with Crippen molar-refractivity contribution in [1.29, 1.82) is 5.26 Å². The van der Waals surface area contributed by atoms with E-state index < -0.39 is 6.04 Å². The van der Waals surface area contributed by atoms with Gasteiger partial charge in [0.1, 0.15) is 6.04 Å². The van der Waals surface area contributed by atoms with Crippen molar-refractivity contribution in [3.63, 3.8) is 0 Å². The second-order valence-electron chi connectivity index (χ2n) is 5.97. The van der Waals surface area contributed by atoms with Crippen LogP contribution in [0.3, 0.4) is 0 Å². The van der Waals surface area contributed by atoms with E-state index in [1.165, 1.54) is 4.90 Å². The molecule has 7 heteroatoms. The van der Waals surface area contributed by atoms with Crippen LogP contribution in [0.25, 0.3) is 0 Å². The summed E-state index contributed by atoms with van der Waals surface area (Å²) < 4.78 is 0. The second kappa shape index (κ2) is 7.89. The molecule has 132 valence electrons. The van der Waals surface area contributed by atoms with Crippen LogP contribution in [0.1, 0.15) is 18.4 Å². The summed E-state index contributed by atoms with van der Waals surface area (Å²) in [5.41, 5.74) is 1.74. The Kier molecular flexibility index (Phi) is 5.40. The molecule has 1 atom stereocenters. The van der Waals surface area contributed by atoms with Crippen molar-refractivity contribution in [3.8, 4) is 6.07 Å². The van der Waals surface area contributed by atoms with Gasteiger partial charge in [0.25, 0.3) is 0 Å². The summed E-state index contributed by atoms with van der Waals surface area (Å²) in [7, 11) is 0. The van der Waals surface area contributed by atoms with Crippen LogP contribution in [0.4, 0.5) is 16.2 Å². The Labute approximate surface area is 156 Å². The molecule has 1 fully saturated rings. The van der Waals surface area contributed by atoms with Crippen LogP contribution in [-0.4, -0.2) is 29.4 Å². The Balaban J connectivity index is 1.64. The number of nitriles is 1. The Morgan fingerprint density at radius 1 is 1.04 bits per heavy atom. The van der Waals surface area contributed by atoms with Crippen LogP contribution in [0.5, 0.6) is 0 Å². The highest BCUT2D eigenvalue weighted by Crippen LogP contribution is 2.21. The van der Waals surface area contributed by atoms with Gasteiger partial charge < -0.3 is 15.5 Å². The van der Waals surface area contributed by atoms with Gasteiger partial charge in [0.05, 0.1) is 11.6 Å². The molecule has 2 aromatic carbocycles. The summed E-state index contributed by atoms with van der Waals surface area (Å²) in [5, 5.41) is 15.0. The summed E-state index contributed by atoms with van der Waals surface area (Å²) in [6.45, 7) is 0.519. The topological polar surface area (TPSA) is 85.2 Å². The van der Waals surface area contributed by atoms with E-state index in [0.29, 0.717) is 34.9 Å². The highest BCUT2D eigenvalue weighted by Gasteiger charge is 2.34. The summed E-state index contributed by atoms with van der Waals surface area (Å²) in [4.78, 5) is 26.6. The Hall–Kier alpha value is -3.04. The zero-order chi connectivity index (χ0) is 18.5. The molecule has 0 radical (unpaired) electrons. The molecule has 1 saturated heterocycles. The van der Waals surface area contributed by atoms with E-state index in [9.17, 15) is 9.59 Å². The minimum absolute atomic E-state index is 0.238. The van der Waals surface area contributed by atoms with E-state index >= 15 is 0 Å². The van der Waals surface area contributed by atoms with Gasteiger partial charge >= 0.3 is 6.03 Å². The predicted molar refractivity (Wildman–Crippen MR) is 100.0 cm³/mol. The molecule has 1 aliphatic heterocycles. The van der Waals surface area contributed by atoms with Crippen LogP contribution in [-0.2, 0) is 4.79 Å². The third-order valence-corrected chi connectivity index (χ3v) is 4.45. The number of benzene rings is 2. The lowest BCUT2D eigenvalue weighted by Gasteiger charge is -2.24. The van der Waals surface area contributed by atoms with Gasteiger partial charge in [-0.2, -0.15) is 5.26 Å². The van der Waals surface area contributed by atoms with E-state index in [1.54, 1.807) is 48.5 Å². The SMILES string of the molecule is N#Cc1ccc(NC(=O)C2CCCN2C(=O)Nc2ccc(Cl)cc2)cc1. The van der Waals surface area contributed by atoms with Crippen LogP contribution >= 0.6 is 11.6 Å². The van der Waals surface area contributed by atoms with E-state index in [-0.39, 0.29) is 11.9 Å². The number of urea groups is 1. The molecule has 2 aromatic rings. The summed E-state index contributed by atoms with van der Waals surface area (Å²) >= 11 is 5.84. The van der Waals surface area contributed by atoms with Gasteiger partial charge in [-0.25, -0.2) is 4.79 Å². The highest BCUT2D eigenvalue weighted by molar-refractivity contribution is 6.30. The first kappa shape index (κ1) is 17.8. The molecule has 1 heterocycles. The smallest absolute Gasteiger partial charge is 0.322 e. The fraction of sp³-hybridized carbons (Fsp3) is 0.211. The zero-order valence-corrected chi connectivity index (χ0v) is 14.7. The lowest BCUT2D eigenvalue weighted by atomic mass is 10.2. The molecule has 0 aromatic heterocycles. The fourth-order valence-electron chi connectivity index (χ4n) is 2.86. The summed E-state index contributed by atoms with van der Waals surface area (Å²) in [6.07, 6.45) is 1.37. The van der Waals surface area contributed by atoms with Crippen LogP contribution in [0.2, 0.25) is 5.02 Å². The third kappa shape index (κ3) is 4.13. The Morgan fingerprint density at radius 2 is 1.65 bits per heavy atom. The first-order valence-electron chi connectivity index (χ1n) is 8.21. The number of carbonyl (C=O) groups excluding carboxylic acids is 2. The number of likely N-dealkylation sites (tertiary alicyclic amines) is 1. The number of rotatable bonds is 3.